The molecule has 1 aromatic rings. The van der Waals surface area contributed by atoms with Gasteiger partial charge in [-0.3, -0.25) is 0 Å². The molecule has 0 aromatic carbocycles. The van der Waals surface area contributed by atoms with Crippen molar-refractivity contribution in [2.75, 3.05) is 17.6 Å². The summed E-state index contributed by atoms with van der Waals surface area (Å²) in [6, 6.07) is 0. The van der Waals surface area contributed by atoms with Gasteiger partial charge in [-0.2, -0.15) is 0 Å². The topological polar surface area (TPSA) is 98.0 Å². The summed E-state index contributed by atoms with van der Waals surface area (Å²) in [6.45, 7) is 2.39. The van der Waals surface area contributed by atoms with Crippen molar-refractivity contribution >= 4 is 26.5 Å². The number of sulfonamides is 1. The van der Waals surface area contributed by atoms with Gasteiger partial charge in [0.05, 0.1) is 5.75 Å². The van der Waals surface area contributed by atoms with Crippen LogP contribution in [0.3, 0.4) is 0 Å². The summed E-state index contributed by atoms with van der Waals surface area (Å²) >= 11 is 1.43. The fraction of sp³-hybridized carbons (Fsp3) is 0.667. The number of nitrogens with zero attached hydrogens (tertiary/aromatic N) is 2. The Balaban J connectivity index is 2.23. The van der Waals surface area contributed by atoms with E-state index < -0.39 is 10.0 Å². The van der Waals surface area contributed by atoms with E-state index in [0.717, 1.165) is 5.01 Å². The van der Waals surface area contributed by atoms with E-state index in [0.29, 0.717) is 18.1 Å². The molecule has 0 aliphatic rings. The molecule has 6 nitrogen and oxygen atoms in total. The molecule has 0 saturated heterocycles. The predicted octanol–water partition coefficient (Wildman–Crippen LogP) is -0.0630. The van der Waals surface area contributed by atoms with Gasteiger partial charge in [0.25, 0.3) is 0 Å². The van der Waals surface area contributed by atoms with Crippen molar-refractivity contribution in [3.63, 3.8) is 0 Å². The molecule has 8 heteroatoms. The molecule has 14 heavy (non-hydrogen) atoms. The molecular formula is C6H12N4O2S2. The molecule has 0 saturated carbocycles. The van der Waals surface area contributed by atoms with Gasteiger partial charge in [0.2, 0.25) is 15.2 Å². The summed E-state index contributed by atoms with van der Waals surface area (Å²) in [5, 5.41) is 17.0. The lowest BCUT2D eigenvalue weighted by Gasteiger charge is -1.99. The summed E-state index contributed by atoms with van der Waals surface area (Å²) in [4.78, 5) is 0. The highest BCUT2D eigenvalue weighted by Crippen LogP contribution is 2.12. The molecule has 3 N–H and O–H groups in total. The fourth-order valence-corrected chi connectivity index (χ4v) is 2.00. The van der Waals surface area contributed by atoms with E-state index >= 15 is 0 Å². The Morgan fingerprint density at radius 1 is 1.50 bits per heavy atom. The number of primary sulfonamides is 1. The van der Waals surface area contributed by atoms with Gasteiger partial charge in [-0.1, -0.05) is 11.3 Å². The van der Waals surface area contributed by atoms with Crippen molar-refractivity contribution in [1.82, 2.24) is 10.2 Å². The van der Waals surface area contributed by atoms with Gasteiger partial charge in [0.1, 0.15) is 5.01 Å². The fourth-order valence-electron chi connectivity index (χ4n) is 0.837. The first-order chi connectivity index (χ1) is 6.47. The molecule has 0 unspecified atom stereocenters. The van der Waals surface area contributed by atoms with Crippen LogP contribution in [0, 0.1) is 6.92 Å². The van der Waals surface area contributed by atoms with Crippen LogP contribution in [0.2, 0.25) is 0 Å². The zero-order chi connectivity index (χ0) is 10.6. The average molecular weight is 236 g/mol. The molecule has 0 bridgehead atoms. The van der Waals surface area contributed by atoms with Crippen molar-refractivity contribution in [3.05, 3.63) is 5.01 Å². The lowest BCUT2D eigenvalue weighted by atomic mass is 10.5. The minimum atomic E-state index is -3.35. The molecule has 0 spiro atoms. The number of rotatable bonds is 5. The molecule has 1 aromatic heterocycles. The van der Waals surface area contributed by atoms with Crippen molar-refractivity contribution in [2.24, 2.45) is 5.14 Å². The molecule has 1 rings (SSSR count). The maximum atomic E-state index is 10.6. The van der Waals surface area contributed by atoms with E-state index in [1.54, 1.807) is 0 Å². The van der Waals surface area contributed by atoms with E-state index in [2.05, 4.69) is 15.5 Å². The summed E-state index contributed by atoms with van der Waals surface area (Å²) in [7, 11) is -3.35. The van der Waals surface area contributed by atoms with Crippen LogP contribution >= 0.6 is 11.3 Å². The Bertz CT molecular complexity index is 386. The quantitative estimate of drug-likeness (QED) is 0.698. The van der Waals surface area contributed by atoms with Crippen molar-refractivity contribution in [1.29, 1.82) is 0 Å². The first kappa shape index (κ1) is 11.3. The van der Waals surface area contributed by atoms with Crippen LogP contribution in [0.1, 0.15) is 11.4 Å². The zero-order valence-corrected chi connectivity index (χ0v) is 9.36. The van der Waals surface area contributed by atoms with Gasteiger partial charge in [0.15, 0.2) is 0 Å². The van der Waals surface area contributed by atoms with E-state index in [1.165, 1.54) is 11.3 Å². The van der Waals surface area contributed by atoms with Crippen LogP contribution in [-0.4, -0.2) is 30.9 Å². The Labute approximate surface area is 86.6 Å². The molecule has 1 heterocycles. The largest absolute Gasteiger partial charge is 0.360 e. The van der Waals surface area contributed by atoms with E-state index in [4.69, 9.17) is 5.14 Å². The summed E-state index contributed by atoms with van der Waals surface area (Å²) in [6.07, 6.45) is 0.470. The molecular weight excluding hydrogens is 224 g/mol. The smallest absolute Gasteiger partial charge is 0.209 e. The second-order valence-electron chi connectivity index (χ2n) is 2.77. The monoisotopic (exact) mass is 236 g/mol. The molecule has 0 atom stereocenters. The van der Waals surface area contributed by atoms with E-state index in [-0.39, 0.29) is 5.75 Å². The SMILES string of the molecule is Cc1nnc(NCCCS(N)(=O)=O)s1. The van der Waals surface area contributed by atoms with Gasteiger partial charge in [-0.25, -0.2) is 13.6 Å². The number of hydrogen-bond donors (Lipinski definition) is 2. The zero-order valence-electron chi connectivity index (χ0n) is 7.73. The number of aromatic nitrogens is 2. The number of hydrogen-bond acceptors (Lipinski definition) is 6. The van der Waals surface area contributed by atoms with E-state index in [1.807, 2.05) is 6.92 Å². The maximum absolute atomic E-state index is 10.6. The Morgan fingerprint density at radius 3 is 2.71 bits per heavy atom. The number of anilines is 1. The van der Waals surface area contributed by atoms with Crippen LogP contribution in [0.25, 0.3) is 0 Å². The average Bonchev–Trinajstić information content (AvgIpc) is 2.44. The van der Waals surface area contributed by atoms with Crippen molar-refractivity contribution in [2.45, 2.75) is 13.3 Å². The van der Waals surface area contributed by atoms with Crippen molar-refractivity contribution in [3.8, 4) is 0 Å². The molecule has 0 aliphatic heterocycles. The third-order valence-corrected chi connectivity index (χ3v) is 3.06. The first-order valence-corrected chi connectivity index (χ1v) is 6.55. The molecule has 0 aliphatic carbocycles. The maximum Gasteiger partial charge on any atom is 0.209 e. The van der Waals surface area contributed by atoms with Gasteiger partial charge >= 0.3 is 0 Å². The second-order valence-corrected chi connectivity index (χ2v) is 5.69. The highest BCUT2D eigenvalue weighted by atomic mass is 32.2. The van der Waals surface area contributed by atoms with Crippen LogP contribution in [0.4, 0.5) is 5.13 Å². The van der Waals surface area contributed by atoms with Crippen molar-refractivity contribution < 1.29 is 8.42 Å². The third kappa shape index (κ3) is 4.49. The Morgan fingerprint density at radius 2 is 2.21 bits per heavy atom. The molecule has 0 radical (unpaired) electrons. The highest BCUT2D eigenvalue weighted by molar-refractivity contribution is 7.89. The van der Waals surface area contributed by atoms with Gasteiger partial charge in [0, 0.05) is 6.54 Å². The Kier molecular flexibility index (Phi) is 3.78. The van der Waals surface area contributed by atoms with Gasteiger partial charge < -0.3 is 5.32 Å². The van der Waals surface area contributed by atoms with Gasteiger partial charge in [-0.05, 0) is 13.3 Å². The third-order valence-electron chi connectivity index (χ3n) is 1.41. The van der Waals surface area contributed by atoms with Gasteiger partial charge in [-0.15, -0.1) is 10.2 Å². The summed E-state index contributed by atoms with van der Waals surface area (Å²) < 4.78 is 21.1. The second kappa shape index (κ2) is 4.67. The summed E-state index contributed by atoms with van der Waals surface area (Å²) in [5.41, 5.74) is 0. The summed E-state index contributed by atoms with van der Waals surface area (Å²) in [5.74, 6) is -0.0161. The highest BCUT2D eigenvalue weighted by Gasteiger charge is 2.02. The number of nitrogens with one attached hydrogen (secondary N) is 1. The van der Waals surface area contributed by atoms with Crippen LogP contribution in [0.15, 0.2) is 0 Å². The molecule has 0 fully saturated rings. The lowest BCUT2D eigenvalue weighted by molar-refractivity contribution is 0.596. The predicted molar refractivity (Wildman–Crippen MR) is 55.7 cm³/mol. The normalized spacial score (nSPS) is 11.6. The number of aryl methyl sites for hydroxylation is 1. The molecule has 80 valence electrons. The van der Waals surface area contributed by atoms with Crippen LogP contribution < -0.4 is 10.5 Å². The minimum absolute atomic E-state index is 0.0161. The minimum Gasteiger partial charge on any atom is -0.360 e. The Hall–Kier alpha value is -0.730. The standard InChI is InChI=1S/C6H12N4O2S2/c1-5-9-10-6(13-5)8-3-2-4-14(7,11)12/h2-4H2,1H3,(H,8,10)(H2,7,11,12). The lowest BCUT2D eigenvalue weighted by Crippen LogP contribution is -2.18. The van der Waals surface area contributed by atoms with E-state index in [9.17, 15) is 8.42 Å². The number of nitrogens with two attached hydrogens (primary N) is 1. The molecule has 0 amide bonds. The van der Waals surface area contributed by atoms with Crippen LogP contribution in [0.5, 0.6) is 0 Å². The van der Waals surface area contributed by atoms with Crippen LogP contribution in [-0.2, 0) is 10.0 Å². The first-order valence-electron chi connectivity index (χ1n) is 4.02.